The number of aryl methyl sites for hydroxylation is 2. The smallest absolute Gasteiger partial charge is 0.188 e. The van der Waals surface area contributed by atoms with E-state index >= 15 is 0 Å². The average molecular weight is 438 g/mol. The van der Waals surface area contributed by atoms with E-state index in [0.29, 0.717) is 0 Å². The number of nitrogens with zero attached hydrogens (tertiary/aromatic N) is 5. The number of aromatic nitrogens is 2. The van der Waals surface area contributed by atoms with Crippen LogP contribution < -0.4 is 9.80 Å². The Morgan fingerprint density at radius 2 is 1.33 bits per heavy atom. The molecular weight excluding hydrogens is 410 g/mol. The van der Waals surface area contributed by atoms with Gasteiger partial charge in [-0.2, -0.15) is 0 Å². The fourth-order valence-electron chi connectivity index (χ4n) is 3.90. The van der Waals surface area contributed by atoms with Crippen LogP contribution in [0.5, 0.6) is 0 Å². The van der Waals surface area contributed by atoms with Gasteiger partial charge in [0, 0.05) is 6.54 Å². The first-order valence-corrected chi connectivity index (χ1v) is 12.2. The maximum absolute atomic E-state index is 4.95. The molecule has 0 atom stereocenters. The molecule has 3 heterocycles. The van der Waals surface area contributed by atoms with Crippen LogP contribution in [0.4, 0.5) is 10.3 Å². The van der Waals surface area contributed by atoms with Crippen molar-refractivity contribution >= 4 is 53.4 Å². The second-order valence-electron chi connectivity index (χ2n) is 8.19. The lowest BCUT2D eigenvalue weighted by atomic mass is 10.2. The van der Waals surface area contributed by atoms with Crippen LogP contribution in [0.2, 0.25) is 0 Å². The van der Waals surface area contributed by atoms with Gasteiger partial charge in [-0.15, -0.1) is 0 Å². The van der Waals surface area contributed by atoms with Crippen molar-refractivity contribution in [3.8, 4) is 0 Å². The summed E-state index contributed by atoms with van der Waals surface area (Å²) < 4.78 is 2.52. The molecule has 1 fully saturated rings. The van der Waals surface area contributed by atoms with Gasteiger partial charge in [0.25, 0.3) is 0 Å². The van der Waals surface area contributed by atoms with Crippen molar-refractivity contribution in [1.82, 2.24) is 14.9 Å². The van der Waals surface area contributed by atoms with E-state index in [4.69, 9.17) is 9.97 Å². The lowest BCUT2D eigenvalue weighted by molar-refractivity contribution is 0.238. The maximum atomic E-state index is 4.95. The molecule has 5 nitrogen and oxygen atoms in total. The summed E-state index contributed by atoms with van der Waals surface area (Å²) in [5.74, 6) is 0. The highest BCUT2D eigenvalue weighted by Gasteiger charge is 2.27. The molecule has 0 spiro atoms. The Kier molecular flexibility index (Phi) is 5.35. The van der Waals surface area contributed by atoms with Gasteiger partial charge in [0.15, 0.2) is 10.3 Å². The maximum Gasteiger partial charge on any atom is 0.188 e. The number of benzene rings is 2. The summed E-state index contributed by atoms with van der Waals surface area (Å²) in [4.78, 5) is 17.2. The van der Waals surface area contributed by atoms with Crippen LogP contribution in [0, 0.1) is 13.8 Å². The molecular formula is C23H27N5S2. The predicted octanol–water partition coefficient (Wildman–Crippen LogP) is 5.82. The molecule has 30 heavy (non-hydrogen) atoms. The Hall–Kier alpha value is -2.22. The predicted molar refractivity (Wildman–Crippen MR) is 130 cm³/mol. The van der Waals surface area contributed by atoms with Crippen LogP contribution in [0.25, 0.3) is 20.4 Å². The molecule has 1 aliphatic rings. The molecule has 1 saturated heterocycles. The van der Waals surface area contributed by atoms with Gasteiger partial charge < -0.3 is 9.80 Å². The largest absolute Gasteiger partial charge is 0.317 e. The summed E-state index contributed by atoms with van der Waals surface area (Å²) in [5.41, 5.74) is 4.75. The van der Waals surface area contributed by atoms with E-state index in [2.05, 4.69) is 71.9 Å². The van der Waals surface area contributed by atoms with Gasteiger partial charge in [0.05, 0.1) is 40.4 Å². The van der Waals surface area contributed by atoms with Gasteiger partial charge in [-0.05, 0) is 55.7 Å². The molecule has 0 saturated carbocycles. The Labute approximate surface area is 185 Å². The normalized spacial score (nSPS) is 15.6. The standard InChI is InChI=1S/C23H27N5S2/c1-4-5-10-26-13-27(22-24-18-8-6-16(2)11-20(18)29-22)15-28(14-26)23-25-19-9-7-17(3)12-21(19)30-23/h6-9,11-12H,4-5,10,13-15H2,1-3H3. The second-order valence-corrected chi connectivity index (χ2v) is 10.2. The molecule has 7 heteroatoms. The zero-order chi connectivity index (χ0) is 20.7. The SMILES string of the molecule is CCCCN1CN(c2nc3ccc(C)cc3s2)CN(c2nc3ccc(C)cc3s2)C1. The van der Waals surface area contributed by atoms with E-state index in [0.717, 1.165) is 47.8 Å². The number of unbranched alkanes of at least 4 members (excludes halogenated alkanes) is 1. The molecule has 0 N–H and O–H groups in total. The van der Waals surface area contributed by atoms with Gasteiger partial charge in [-0.1, -0.05) is 48.2 Å². The van der Waals surface area contributed by atoms with E-state index in [-0.39, 0.29) is 0 Å². The molecule has 5 rings (SSSR count). The summed E-state index contributed by atoms with van der Waals surface area (Å²) >= 11 is 3.59. The van der Waals surface area contributed by atoms with E-state index in [1.54, 1.807) is 22.7 Å². The minimum atomic E-state index is 0.820. The molecule has 1 aliphatic heterocycles. The summed E-state index contributed by atoms with van der Waals surface area (Å²) in [5, 5.41) is 2.19. The fraction of sp³-hybridized carbons (Fsp3) is 0.391. The first kappa shape index (κ1) is 19.7. The minimum Gasteiger partial charge on any atom is -0.317 e. The van der Waals surface area contributed by atoms with E-state index in [9.17, 15) is 0 Å². The fourth-order valence-corrected chi connectivity index (χ4v) is 5.99. The van der Waals surface area contributed by atoms with Crippen LogP contribution in [0.1, 0.15) is 30.9 Å². The monoisotopic (exact) mass is 437 g/mol. The van der Waals surface area contributed by atoms with Crippen molar-refractivity contribution in [2.24, 2.45) is 0 Å². The Morgan fingerprint density at radius 3 is 1.83 bits per heavy atom. The highest BCUT2D eigenvalue weighted by Crippen LogP contribution is 2.34. The van der Waals surface area contributed by atoms with Gasteiger partial charge in [-0.3, -0.25) is 4.90 Å². The van der Waals surface area contributed by atoms with Crippen molar-refractivity contribution in [3.63, 3.8) is 0 Å². The first-order valence-electron chi connectivity index (χ1n) is 10.6. The molecule has 156 valence electrons. The number of rotatable bonds is 5. The molecule has 0 bridgehead atoms. The average Bonchev–Trinajstić information content (AvgIpc) is 3.35. The lowest BCUT2D eigenvalue weighted by Crippen LogP contribution is -2.55. The van der Waals surface area contributed by atoms with Gasteiger partial charge >= 0.3 is 0 Å². The van der Waals surface area contributed by atoms with E-state index < -0.39 is 0 Å². The second kappa shape index (κ2) is 8.13. The van der Waals surface area contributed by atoms with Crippen LogP contribution >= 0.6 is 22.7 Å². The van der Waals surface area contributed by atoms with E-state index in [1.807, 2.05) is 0 Å². The van der Waals surface area contributed by atoms with Crippen LogP contribution in [-0.2, 0) is 0 Å². The zero-order valence-corrected chi connectivity index (χ0v) is 19.4. The highest BCUT2D eigenvalue weighted by molar-refractivity contribution is 7.22. The number of hydrogen-bond donors (Lipinski definition) is 0. The first-order chi connectivity index (χ1) is 14.6. The number of anilines is 2. The number of thiazole rings is 2. The molecule has 0 amide bonds. The van der Waals surface area contributed by atoms with E-state index in [1.165, 1.54) is 33.4 Å². The molecule has 2 aromatic heterocycles. The molecule has 0 radical (unpaired) electrons. The van der Waals surface area contributed by atoms with Gasteiger partial charge in [-0.25, -0.2) is 9.97 Å². The van der Waals surface area contributed by atoms with Crippen molar-refractivity contribution in [3.05, 3.63) is 47.5 Å². The summed E-state index contributed by atoms with van der Waals surface area (Å²) in [6.07, 6.45) is 2.41. The Bertz CT molecular complexity index is 1090. The quantitative estimate of drug-likeness (QED) is 0.393. The highest BCUT2D eigenvalue weighted by atomic mass is 32.1. The third-order valence-electron chi connectivity index (χ3n) is 5.52. The van der Waals surface area contributed by atoms with Crippen molar-refractivity contribution in [2.75, 3.05) is 36.4 Å². The molecule has 2 aromatic carbocycles. The molecule has 4 aromatic rings. The van der Waals surface area contributed by atoms with Crippen LogP contribution in [0.15, 0.2) is 36.4 Å². The van der Waals surface area contributed by atoms with Crippen molar-refractivity contribution in [2.45, 2.75) is 33.6 Å². The lowest BCUT2D eigenvalue weighted by Gasteiger charge is -2.42. The number of hydrogen-bond acceptors (Lipinski definition) is 7. The van der Waals surface area contributed by atoms with Crippen molar-refractivity contribution < 1.29 is 0 Å². The zero-order valence-electron chi connectivity index (χ0n) is 17.8. The van der Waals surface area contributed by atoms with Gasteiger partial charge in [0.1, 0.15) is 0 Å². The Morgan fingerprint density at radius 1 is 0.800 bits per heavy atom. The van der Waals surface area contributed by atoms with Crippen LogP contribution in [0.3, 0.4) is 0 Å². The topological polar surface area (TPSA) is 35.5 Å². The minimum absolute atomic E-state index is 0.820. The molecule has 0 unspecified atom stereocenters. The summed E-state index contributed by atoms with van der Waals surface area (Å²) in [7, 11) is 0. The third-order valence-corrected chi connectivity index (χ3v) is 7.68. The summed E-state index contributed by atoms with van der Waals surface area (Å²) in [6.45, 7) is 10.3. The third kappa shape index (κ3) is 3.89. The Balaban J connectivity index is 1.47. The van der Waals surface area contributed by atoms with Crippen molar-refractivity contribution in [1.29, 1.82) is 0 Å². The number of fused-ring (bicyclic) bond motifs is 2. The van der Waals surface area contributed by atoms with Crippen LogP contribution in [-0.4, -0.2) is 41.4 Å². The molecule has 0 aliphatic carbocycles. The summed E-state index contributed by atoms with van der Waals surface area (Å²) in [6, 6.07) is 13.0. The van der Waals surface area contributed by atoms with Gasteiger partial charge in [0.2, 0.25) is 0 Å².